The standard InChI is InChI=1S/C14H16FNO2/c1-9(13(17)18-14(2,3)4)11-5-10(8-16)6-12(15)7-11/h5-7,9H,1-4H3. The van der Waals surface area contributed by atoms with E-state index >= 15 is 0 Å². The molecule has 0 saturated heterocycles. The van der Waals surface area contributed by atoms with Crippen molar-refractivity contribution in [2.45, 2.75) is 39.2 Å². The first kappa shape index (κ1) is 14.2. The topological polar surface area (TPSA) is 50.1 Å². The van der Waals surface area contributed by atoms with E-state index in [9.17, 15) is 9.18 Å². The smallest absolute Gasteiger partial charge is 0.313 e. The molecule has 1 atom stereocenters. The van der Waals surface area contributed by atoms with Crippen LogP contribution in [0.5, 0.6) is 0 Å². The minimum Gasteiger partial charge on any atom is -0.460 e. The van der Waals surface area contributed by atoms with Crippen LogP contribution in [0.2, 0.25) is 0 Å². The van der Waals surface area contributed by atoms with E-state index in [1.165, 1.54) is 12.1 Å². The molecule has 3 nitrogen and oxygen atoms in total. The Balaban J connectivity index is 2.97. The summed E-state index contributed by atoms with van der Waals surface area (Å²) in [7, 11) is 0. The molecule has 1 unspecified atom stereocenters. The fraction of sp³-hybridized carbons (Fsp3) is 0.429. The Labute approximate surface area is 106 Å². The van der Waals surface area contributed by atoms with Crippen LogP contribution in [0.15, 0.2) is 18.2 Å². The lowest BCUT2D eigenvalue weighted by molar-refractivity contribution is -0.156. The quantitative estimate of drug-likeness (QED) is 0.756. The number of esters is 1. The molecule has 1 aromatic rings. The monoisotopic (exact) mass is 249 g/mol. The van der Waals surface area contributed by atoms with Crippen LogP contribution >= 0.6 is 0 Å². The average molecular weight is 249 g/mol. The third-order valence-corrected chi connectivity index (χ3v) is 2.31. The molecule has 0 aliphatic rings. The molecule has 4 heteroatoms. The van der Waals surface area contributed by atoms with E-state index in [1.807, 2.05) is 6.07 Å². The summed E-state index contributed by atoms with van der Waals surface area (Å²) in [5, 5.41) is 8.76. The molecular formula is C14H16FNO2. The van der Waals surface area contributed by atoms with Crippen molar-refractivity contribution < 1.29 is 13.9 Å². The molecule has 96 valence electrons. The van der Waals surface area contributed by atoms with Crippen molar-refractivity contribution in [2.75, 3.05) is 0 Å². The van der Waals surface area contributed by atoms with Gasteiger partial charge in [-0.1, -0.05) is 0 Å². The molecule has 0 heterocycles. The SMILES string of the molecule is CC(C(=O)OC(C)(C)C)c1cc(F)cc(C#N)c1. The van der Waals surface area contributed by atoms with Crippen LogP contribution in [0, 0.1) is 17.1 Å². The molecule has 0 radical (unpaired) electrons. The Hall–Kier alpha value is -1.89. The number of carbonyl (C=O) groups excluding carboxylic acids is 1. The predicted octanol–water partition coefficient (Wildman–Crippen LogP) is 3.14. The Morgan fingerprint density at radius 1 is 1.39 bits per heavy atom. The zero-order chi connectivity index (χ0) is 13.9. The number of benzene rings is 1. The Bertz CT molecular complexity index is 497. The van der Waals surface area contributed by atoms with Gasteiger partial charge in [-0.25, -0.2) is 4.39 Å². The van der Waals surface area contributed by atoms with Crippen LogP contribution in [-0.2, 0) is 9.53 Å². The predicted molar refractivity (Wildman–Crippen MR) is 65.4 cm³/mol. The van der Waals surface area contributed by atoms with Gasteiger partial charge in [0, 0.05) is 0 Å². The van der Waals surface area contributed by atoms with E-state index in [2.05, 4.69) is 0 Å². The first-order valence-electron chi connectivity index (χ1n) is 5.66. The molecular weight excluding hydrogens is 233 g/mol. The summed E-state index contributed by atoms with van der Waals surface area (Å²) in [6.45, 7) is 6.93. The molecule has 0 aromatic heterocycles. The highest BCUT2D eigenvalue weighted by Gasteiger charge is 2.23. The molecule has 0 fully saturated rings. The van der Waals surface area contributed by atoms with Crippen molar-refractivity contribution in [1.82, 2.24) is 0 Å². The Morgan fingerprint density at radius 2 is 2.00 bits per heavy atom. The fourth-order valence-corrected chi connectivity index (χ4v) is 1.45. The lowest BCUT2D eigenvalue weighted by Crippen LogP contribution is -2.26. The van der Waals surface area contributed by atoms with Crippen LogP contribution in [0.25, 0.3) is 0 Å². The van der Waals surface area contributed by atoms with Crippen molar-refractivity contribution in [3.05, 3.63) is 35.1 Å². The lowest BCUT2D eigenvalue weighted by Gasteiger charge is -2.22. The second-order valence-electron chi connectivity index (χ2n) is 5.14. The van der Waals surface area contributed by atoms with Gasteiger partial charge in [-0.05, 0) is 51.5 Å². The number of nitriles is 1. The Kier molecular flexibility index (Phi) is 4.07. The molecule has 0 saturated carbocycles. The van der Waals surface area contributed by atoms with Gasteiger partial charge in [-0.3, -0.25) is 4.79 Å². The maximum absolute atomic E-state index is 13.3. The van der Waals surface area contributed by atoms with Gasteiger partial charge in [0.2, 0.25) is 0 Å². The van der Waals surface area contributed by atoms with Crippen molar-refractivity contribution >= 4 is 5.97 Å². The van der Waals surface area contributed by atoms with Crippen LogP contribution in [0.3, 0.4) is 0 Å². The number of hydrogen-bond acceptors (Lipinski definition) is 3. The highest BCUT2D eigenvalue weighted by atomic mass is 19.1. The van der Waals surface area contributed by atoms with E-state index in [1.54, 1.807) is 27.7 Å². The van der Waals surface area contributed by atoms with Crippen LogP contribution in [-0.4, -0.2) is 11.6 Å². The minimum atomic E-state index is -0.605. The van der Waals surface area contributed by atoms with E-state index in [0.717, 1.165) is 6.07 Å². The second kappa shape index (κ2) is 5.18. The van der Waals surface area contributed by atoms with Crippen molar-refractivity contribution in [3.63, 3.8) is 0 Å². The summed E-state index contributed by atoms with van der Waals surface area (Å²) < 4.78 is 18.5. The van der Waals surface area contributed by atoms with Crippen LogP contribution in [0.4, 0.5) is 4.39 Å². The molecule has 0 bridgehead atoms. The van der Waals surface area contributed by atoms with Crippen molar-refractivity contribution in [2.24, 2.45) is 0 Å². The molecule has 0 spiro atoms. The highest BCUT2D eigenvalue weighted by molar-refractivity contribution is 5.78. The molecule has 0 aliphatic carbocycles. The van der Waals surface area contributed by atoms with Gasteiger partial charge in [0.15, 0.2) is 0 Å². The van der Waals surface area contributed by atoms with Gasteiger partial charge in [-0.15, -0.1) is 0 Å². The van der Waals surface area contributed by atoms with Crippen LogP contribution < -0.4 is 0 Å². The number of hydrogen-bond donors (Lipinski definition) is 0. The second-order valence-corrected chi connectivity index (χ2v) is 5.14. The van der Waals surface area contributed by atoms with Gasteiger partial charge >= 0.3 is 5.97 Å². The number of nitrogens with zero attached hydrogens (tertiary/aromatic N) is 1. The number of rotatable bonds is 2. The number of ether oxygens (including phenoxy) is 1. The third kappa shape index (κ3) is 3.85. The highest BCUT2D eigenvalue weighted by Crippen LogP contribution is 2.22. The van der Waals surface area contributed by atoms with Gasteiger partial charge in [0.25, 0.3) is 0 Å². The molecule has 1 rings (SSSR count). The summed E-state index contributed by atoms with van der Waals surface area (Å²) >= 11 is 0. The molecule has 1 aromatic carbocycles. The number of halogens is 1. The summed E-state index contributed by atoms with van der Waals surface area (Å²) in [5.41, 5.74) is 0.0534. The average Bonchev–Trinajstić information content (AvgIpc) is 2.24. The van der Waals surface area contributed by atoms with Crippen molar-refractivity contribution in [3.8, 4) is 6.07 Å². The maximum Gasteiger partial charge on any atom is 0.313 e. The fourth-order valence-electron chi connectivity index (χ4n) is 1.45. The van der Waals surface area contributed by atoms with Gasteiger partial charge < -0.3 is 4.74 Å². The molecule has 0 N–H and O–H groups in total. The van der Waals surface area contributed by atoms with Gasteiger partial charge in [-0.2, -0.15) is 5.26 Å². The molecule has 0 amide bonds. The zero-order valence-corrected chi connectivity index (χ0v) is 11.0. The largest absolute Gasteiger partial charge is 0.460 e. The van der Waals surface area contributed by atoms with E-state index in [-0.39, 0.29) is 5.56 Å². The Morgan fingerprint density at radius 3 is 2.50 bits per heavy atom. The van der Waals surface area contributed by atoms with E-state index in [4.69, 9.17) is 10.00 Å². The summed E-state index contributed by atoms with van der Waals surface area (Å²) in [5.74, 6) is -1.57. The maximum atomic E-state index is 13.3. The number of carbonyl (C=O) groups is 1. The third-order valence-electron chi connectivity index (χ3n) is 2.31. The summed E-state index contributed by atoms with van der Waals surface area (Å²) in [6, 6.07) is 5.73. The van der Waals surface area contributed by atoms with E-state index < -0.39 is 23.3 Å². The lowest BCUT2D eigenvalue weighted by atomic mass is 9.99. The molecule has 18 heavy (non-hydrogen) atoms. The summed E-state index contributed by atoms with van der Waals surface area (Å²) in [6.07, 6.45) is 0. The summed E-state index contributed by atoms with van der Waals surface area (Å²) in [4.78, 5) is 11.8. The first-order valence-corrected chi connectivity index (χ1v) is 5.66. The van der Waals surface area contributed by atoms with Crippen molar-refractivity contribution in [1.29, 1.82) is 5.26 Å². The van der Waals surface area contributed by atoms with Gasteiger partial charge in [0.1, 0.15) is 11.4 Å². The molecule has 0 aliphatic heterocycles. The van der Waals surface area contributed by atoms with Gasteiger partial charge in [0.05, 0.1) is 17.6 Å². The first-order chi connectivity index (χ1) is 8.23. The van der Waals surface area contributed by atoms with E-state index in [0.29, 0.717) is 5.56 Å². The normalized spacial score (nSPS) is 12.7. The van der Waals surface area contributed by atoms with Crippen LogP contribution in [0.1, 0.15) is 44.7 Å². The minimum absolute atomic E-state index is 0.195. The zero-order valence-electron chi connectivity index (χ0n) is 11.0.